The van der Waals surface area contributed by atoms with E-state index < -0.39 is 6.04 Å². The molecule has 0 aliphatic rings. The summed E-state index contributed by atoms with van der Waals surface area (Å²) < 4.78 is 0. The summed E-state index contributed by atoms with van der Waals surface area (Å²) in [6.45, 7) is 6.41. The topological polar surface area (TPSA) is 55.1 Å². The van der Waals surface area contributed by atoms with E-state index in [1.165, 1.54) is 0 Å². The summed E-state index contributed by atoms with van der Waals surface area (Å²) in [7, 11) is 0. The zero-order valence-electron chi connectivity index (χ0n) is 12.6. The lowest BCUT2D eigenvalue weighted by molar-refractivity contribution is -0.123. The number of carbonyl (C=O) groups excluding carboxylic acids is 1. The molecule has 20 heavy (non-hydrogen) atoms. The molecule has 1 aromatic carbocycles. The van der Waals surface area contributed by atoms with Crippen LogP contribution in [0.5, 0.6) is 0 Å². The van der Waals surface area contributed by atoms with E-state index in [4.69, 9.17) is 5.73 Å². The number of hydrogen-bond acceptors (Lipinski definition) is 2. The van der Waals surface area contributed by atoms with Crippen molar-refractivity contribution in [3.8, 4) is 0 Å². The van der Waals surface area contributed by atoms with Gasteiger partial charge in [-0.2, -0.15) is 0 Å². The van der Waals surface area contributed by atoms with Crippen LogP contribution in [0.15, 0.2) is 30.3 Å². The Labute approximate surface area is 128 Å². The standard InChI is InChI=1S/C16H26N2O.ClH/c1-4-12(2)10-13(3)18-16(19)15(17)11-14-8-6-5-7-9-14;/h5-9,12-13,15H,4,10-11,17H2,1-3H3,(H,18,19);1H/t12?,13?,15-;/m0./s1. The Balaban J connectivity index is 0.00000361. The van der Waals surface area contributed by atoms with Gasteiger partial charge in [0.1, 0.15) is 0 Å². The minimum atomic E-state index is -0.471. The Morgan fingerprint density at radius 1 is 1.25 bits per heavy atom. The fraction of sp³-hybridized carbons (Fsp3) is 0.562. The second-order valence-corrected chi connectivity index (χ2v) is 5.45. The molecule has 1 aromatic rings. The number of benzene rings is 1. The Kier molecular flexibility index (Phi) is 9.26. The maximum absolute atomic E-state index is 12.0. The molecule has 0 saturated carbocycles. The highest BCUT2D eigenvalue weighted by Crippen LogP contribution is 2.09. The molecule has 114 valence electrons. The smallest absolute Gasteiger partial charge is 0.237 e. The van der Waals surface area contributed by atoms with Crippen molar-refractivity contribution >= 4 is 18.3 Å². The summed E-state index contributed by atoms with van der Waals surface area (Å²) in [6, 6.07) is 9.59. The molecule has 3 N–H and O–H groups in total. The van der Waals surface area contributed by atoms with Crippen molar-refractivity contribution in [2.24, 2.45) is 11.7 Å². The van der Waals surface area contributed by atoms with Gasteiger partial charge in [-0.3, -0.25) is 4.79 Å². The van der Waals surface area contributed by atoms with Crippen LogP contribution in [0, 0.1) is 5.92 Å². The van der Waals surface area contributed by atoms with Gasteiger partial charge in [-0.05, 0) is 31.2 Å². The SMILES string of the molecule is CCC(C)CC(C)NC(=O)[C@@H](N)Cc1ccccc1.Cl. The summed E-state index contributed by atoms with van der Waals surface area (Å²) in [5.41, 5.74) is 7.05. The van der Waals surface area contributed by atoms with Crippen LogP contribution in [0.25, 0.3) is 0 Å². The lowest BCUT2D eigenvalue weighted by atomic mass is 9.99. The van der Waals surface area contributed by atoms with Crippen molar-refractivity contribution in [2.45, 2.75) is 52.1 Å². The molecule has 0 aliphatic carbocycles. The molecule has 3 nitrogen and oxygen atoms in total. The number of nitrogens with two attached hydrogens (primary N) is 1. The number of halogens is 1. The second-order valence-electron chi connectivity index (χ2n) is 5.45. The maximum atomic E-state index is 12.0. The van der Waals surface area contributed by atoms with Crippen molar-refractivity contribution in [3.63, 3.8) is 0 Å². The molecule has 1 amide bonds. The largest absolute Gasteiger partial charge is 0.352 e. The van der Waals surface area contributed by atoms with Gasteiger partial charge < -0.3 is 11.1 Å². The summed E-state index contributed by atoms with van der Waals surface area (Å²) >= 11 is 0. The van der Waals surface area contributed by atoms with Gasteiger partial charge in [0.2, 0.25) is 5.91 Å². The second kappa shape index (κ2) is 9.78. The summed E-state index contributed by atoms with van der Waals surface area (Å²) in [5, 5.41) is 3.00. The minimum Gasteiger partial charge on any atom is -0.352 e. The molecule has 0 saturated heterocycles. The molecular weight excluding hydrogens is 272 g/mol. The molecule has 3 atom stereocenters. The van der Waals surface area contributed by atoms with E-state index in [1.54, 1.807) is 0 Å². The molecule has 0 bridgehead atoms. The molecule has 0 spiro atoms. The fourth-order valence-corrected chi connectivity index (χ4v) is 2.14. The van der Waals surface area contributed by atoms with Crippen LogP contribution in [0.2, 0.25) is 0 Å². The highest BCUT2D eigenvalue weighted by atomic mass is 35.5. The molecule has 1 rings (SSSR count). The average Bonchev–Trinajstić information content (AvgIpc) is 2.39. The first-order valence-electron chi connectivity index (χ1n) is 7.12. The van der Waals surface area contributed by atoms with Crippen molar-refractivity contribution in [1.82, 2.24) is 5.32 Å². The molecule has 0 heterocycles. The molecule has 0 fully saturated rings. The third-order valence-electron chi connectivity index (χ3n) is 3.48. The highest BCUT2D eigenvalue weighted by molar-refractivity contribution is 5.85. The zero-order chi connectivity index (χ0) is 14.3. The van der Waals surface area contributed by atoms with Crippen LogP contribution >= 0.6 is 12.4 Å². The van der Waals surface area contributed by atoms with Crippen LogP contribution in [0.1, 0.15) is 39.2 Å². The average molecular weight is 299 g/mol. The maximum Gasteiger partial charge on any atom is 0.237 e. The van der Waals surface area contributed by atoms with Gasteiger partial charge in [-0.15, -0.1) is 12.4 Å². The van der Waals surface area contributed by atoms with E-state index in [2.05, 4.69) is 19.2 Å². The van der Waals surface area contributed by atoms with Gasteiger partial charge in [0.15, 0.2) is 0 Å². The molecule has 0 aromatic heterocycles. The van der Waals surface area contributed by atoms with Gasteiger partial charge in [0.05, 0.1) is 6.04 Å². The van der Waals surface area contributed by atoms with Crippen LogP contribution < -0.4 is 11.1 Å². The van der Waals surface area contributed by atoms with E-state index in [1.807, 2.05) is 37.3 Å². The first-order valence-corrected chi connectivity index (χ1v) is 7.12. The van der Waals surface area contributed by atoms with Gasteiger partial charge in [-0.25, -0.2) is 0 Å². The lowest BCUT2D eigenvalue weighted by Crippen LogP contribution is -2.45. The third kappa shape index (κ3) is 6.92. The van der Waals surface area contributed by atoms with E-state index in [9.17, 15) is 4.79 Å². The lowest BCUT2D eigenvalue weighted by Gasteiger charge is -2.20. The highest BCUT2D eigenvalue weighted by Gasteiger charge is 2.17. The normalized spacial score (nSPS) is 14.8. The molecule has 0 radical (unpaired) electrons. The Hall–Kier alpha value is -1.06. The van der Waals surface area contributed by atoms with Gasteiger partial charge in [0, 0.05) is 6.04 Å². The Morgan fingerprint density at radius 3 is 2.40 bits per heavy atom. The first-order chi connectivity index (χ1) is 9.02. The molecule has 4 heteroatoms. The summed E-state index contributed by atoms with van der Waals surface area (Å²) in [4.78, 5) is 12.0. The van der Waals surface area contributed by atoms with Crippen LogP contribution in [-0.4, -0.2) is 18.0 Å². The van der Waals surface area contributed by atoms with Gasteiger partial charge >= 0.3 is 0 Å². The monoisotopic (exact) mass is 298 g/mol. The molecule has 0 aliphatic heterocycles. The number of carbonyl (C=O) groups is 1. The number of amides is 1. The Morgan fingerprint density at radius 2 is 1.85 bits per heavy atom. The van der Waals surface area contributed by atoms with Crippen molar-refractivity contribution < 1.29 is 4.79 Å². The zero-order valence-corrected chi connectivity index (χ0v) is 13.5. The third-order valence-corrected chi connectivity index (χ3v) is 3.48. The molecular formula is C16H27ClN2O. The van der Waals surface area contributed by atoms with Crippen molar-refractivity contribution in [3.05, 3.63) is 35.9 Å². The molecule has 2 unspecified atom stereocenters. The van der Waals surface area contributed by atoms with Crippen LogP contribution in [-0.2, 0) is 11.2 Å². The fourth-order valence-electron chi connectivity index (χ4n) is 2.14. The van der Waals surface area contributed by atoms with E-state index in [0.29, 0.717) is 12.3 Å². The van der Waals surface area contributed by atoms with Crippen molar-refractivity contribution in [1.29, 1.82) is 0 Å². The van der Waals surface area contributed by atoms with Gasteiger partial charge in [0.25, 0.3) is 0 Å². The first kappa shape index (κ1) is 18.9. The van der Waals surface area contributed by atoms with Crippen molar-refractivity contribution in [2.75, 3.05) is 0 Å². The summed E-state index contributed by atoms with van der Waals surface area (Å²) in [5.74, 6) is 0.570. The Bertz CT molecular complexity index is 383. The number of nitrogens with one attached hydrogen (secondary N) is 1. The quantitative estimate of drug-likeness (QED) is 0.813. The van der Waals surface area contributed by atoms with Crippen LogP contribution in [0.4, 0.5) is 0 Å². The van der Waals surface area contributed by atoms with E-state index >= 15 is 0 Å². The number of rotatable bonds is 7. The van der Waals surface area contributed by atoms with E-state index in [0.717, 1.165) is 18.4 Å². The van der Waals surface area contributed by atoms with Crippen LogP contribution in [0.3, 0.4) is 0 Å². The van der Waals surface area contributed by atoms with Gasteiger partial charge in [-0.1, -0.05) is 50.6 Å². The predicted molar refractivity (Wildman–Crippen MR) is 87.0 cm³/mol. The number of hydrogen-bond donors (Lipinski definition) is 2. The summed E-state index contributed by atoms with van der Waals surface area (Å²) in [6.07, 6.45) is 2.72. The predicted octanol–water partition coefficient (Wildman–Crippen LogP) is 2.92. The van der Waals surface area contributed by atoms with E-state index in [-0.39, 0.29) is 24.4 Å². The minimum absolute atomic E-state index is 0.